The van der Waals surface area contributed by atoms with Crippen LogP contribution in [0.15, 0.2) is 10.7 Å². The lowest BCUT2D eigenvalue weighted by atomic mass is 10.3. The van der Waals surface area contributed by atoms with Gasteiger partial charge in [0, 0.05) is 0 Å². The molecular weight excluding hydrogens is 168 g/mol. The molecule has 0 aliphatic heterocycles. The first kappa shape index (κ1) is 7.67. The second-order valence-electron chi connectivity index (χ2n) is 2.90. The molecule has 1 aliphatic carbocycles. The van der Waals surface area contributed by atoms with Crippen molar-refractivity contribution in [1.29, 1.82) is 0 Å². The van der Waals surface area contributed by atoms with Gasteiger partial charge in [0.1, 0.15) is 17.6 Å². The van der Waals surface area contributed by atoms with E-state index in [-0.39, 0.29) is 5.69 Å². The van der Waals surface area contributed by atoms with Crippen molar-refractivity contribution in [2.75, 3.05) is 0 Å². The quantitative estimate of drug-likeness (QED) is 0.742. The van der Waals surface area contributed by atoms with Crippen LogP contribution in [0.5, 0.6) is 0 Å². The molecule has 1 aliphatic rings. The fraction of sp³-hybridized carbons (Fsp3) is 0.571. The van der Waals surface area contributed by atoms with Crippen LogP contribution in [0.25, 0.3) is 0 Å². The summed E-state index contributed by atoms with van der Waals surface area (Å²) in [6.45, 7) is 0. The summed E-state index contributed by atoms with van der Waals surface area (Å²) in [6.07, 6.45) is -0.472. The number of alkyl halides is 2. The standard InChI is InChI=1S/C7H7F2NO2/c8-5(9)6-10-4(3-12-6)7(11)1-2-7/h3,5,11H,1-2H2. The minimum absolute atomic E-state index is 0.220. The van der Waals surface area contributed by atoms with Crippen LogP contribution in [-0.2, 0) is 5.60 Å². The van der Waals surface area contributed by atoms with E-state index in [1.807, 2.05) is 0 Å². The average molecular weight is 175 g/mol. The van der Waals surface area contributed by atoms with Crippen LogP contribution in [0.1, 0.15) is 30.9 Å². The number of halogens is 2. The number of hydrogen-bond donors (Lipinski definition) is 1. The maximum atomic E-state index is 12.0. The number of hydrogen-bond acceptors (Lipinski definition) is 3. The van der Waals surface area contributed by atoms with E-state index in [0.717, 1.165) is 6.26 Å². The van der Waals surface area contributed by atoms with Gasteiger partial charge in [0.15, 0.2) is 0 Å². The van der Waals surface area contributed by atoms with Crippen LogP contribution < -0.4 is 0 Å². The summed E-state index contributed by atoms with van der Waals surface area (Å²) in [5.74, 6) is -0.620. The summed E-state index contributed by atoms with van der Waals surface area (Å²) in [5, 5.41) is 9.43. The molecule has 0 spiro atoms. The number of nitrogens with zero attached hydrogens (tertiary/aromatic N) is 1. The average Bonchev–Trinajstić information content (AvgIpc) is 2.61. The molecular formula is C7H7F2NO2. The molecule has 1 aromatic heterocycles. The lowest BCUT2D eigenvalue weighted by Crippen LogP contribution is -2.04. The molecule has 1 heterocycles. The Morgan fingerprint density at radius 3 is 2.67 bits per heavy atom. The van der Waals surface area contributed by atoms with Crippen LogP contribution in [0.4, 0.5) is 8.78 Å². The van der Waals surface area contributed by atoms with Gasteiger partial charge in [-0.3, -0.25) is 0 Å². The predicted molar refractivity (Wildman–Crippen MR) is 34.6 cm³/mol. The Labute approximate surface area is 67.0 Å². The minimum Gasteiger partial charge on any atom is -0.443 e. The molecule has 1 N–H and O–H groups in total. The maximum Gasteiger partial charge on any atom is 0.313 e. The van der Waals surface area contributed by atoms with E-state index in [4.69, 9.17) is 0 Å². The number of aliphatic hydroxyl groups is 1. The van der Waals surface area contributed by atoms with Crippen molar-refractivity contribution in [3.63, 3.8) is 0 Å². The van der Waals surface area contributed by atoms with Crippen molar-refractivity contribution in [3.8, 4) is 0 Å². The van der Waals surface area contributed by atoms with Crippen molar-refractivity contribution in [3.05, 3.63) is 17.8 Å². The van der Waals surface area contributed by atoms with Crippen molar-refractivity contribution < 1.29 is 18.3 Å². The molecule has 0 radical (unpaired) electrons. The van der Waals surface area contributed by atoms with Crippen LogP contribution in [-0.4, -0.2) is 10.1 Å². The SMILES string of the molecule is OC1(c2coc(C(F)F)n2)CC1. The van der Waals surface area contributed by atoms with Gasteiger partial charge in [0.25, 0.3) is 5.89 Å². The van der Waals surface area contributed by atoms with E-state index in [1.165, 1.54) is 0 Å². The second kappa shape index (κ2) is 2.26. The third-order valence-corrected chi connectivity index (χ3v) is 1.91. The molecule has 5 heteroatoms. The molecule has 0 unspecified atom stereocenters. The molecule has 1 fully saturated rings. The largest absolute Gasteiger partial charge is 0.443 e. The van der Waals surface area contributed by atoms with Gasteiger partial charge >= 0.3 is 6.43 Å². The Morgan fingerprint density at radius 1 is 1.58 bits per heavy atom. The Balaban J connectivity index is 2.25. The Kier molecular flexibility index (Phi) is 1.44. The van der Waals surface area contributed by atoms with Gasteiger partial charge in [-0.2, -0.15) is 8.78 Å². The monoisotopic (exact) mass is 175 g/mol. The summed E-state index contributed by atoms with van der Waals surface area (Å²) in [7, 11) is 0. The van der Waals surface area contributed by atoms with Crippen LogP contribution in [0, 0.1) is 0 Å². The topological polar surface area (TPSA) is 46.3 Å². The van der Waals surface area contributed by atoms with Crippen molar-refractivity contribution in [1.82, 2.24) is 4.98 Å². The van der Waals surface area contributed by atoms with E-state index >= 15 is 0 Å². The van der Waals surface area contributed by atoms with Gasteiger partial charge in [-0.1, -0.05) is 0 Å². The third kappa shape index (κ3) is 1.10. The fourth-order valence-electron chi connectivity index (χ4n) is 0.976. The number of oxazole rings is 1. The smallest absolute Gasteiger partial charge is 0.313 e. The van der Waals surface area contributed by atoms with Crippen molar-refractivity contribution in [2.45, 2.75) is 24.9 Å². The zero-order valence-corrected chi connectivity index (χ0v) is 6.13. The Bertz CT molecular complexity index is 293. The first-order valence-electron chi connectivity index (χ1n) is 3.58. The van der Waals surface area contributed by atoms with Gasteiger partial charge in [0.05, 0.1) is 0 Å². The van der Waals surface area contributed by atoms with E-state index in [2.05, 4.69) is 9.40 Å². The highest BCUT2D eigenvalue weighted by Crippen LogP contribution is 2.44. The van der Waals surface area contributed by atoms with Gasteiger partial charge in [-0.25, -0.2) is 4.98 Å². The van der Waals surface area contributed by atoms with Gasteiger partial charge < -0.3 is 9.52 Å². The van der Waals surface area contributed by atoms with Gasteiger partial charge in [-0.15, -0.1) is 0 Å². The molecule has 0 saturated heterocycles. The molecule has 1 saturated carbocycles. The fourth-order valence-corrected chi connectivity index (χ4v) is 0.976. The zero-order valence-electron chi connectivity index (χ0n) is 6.13. The van der Waals surface area contributed by atoms with Crippen LogP contribution >= 0.6 is 0 Å². The molecule has 0 aromatic carbocycles. The van der Waals surface area contributed by atoms with E-state index < -0.39 is 17.9 Å². The first-order chi connectivity index (χ1) is 5.62. The number of aromatic nitrogens is 1. The highest BCUT2D eigenvalue weighted by Gasteiger charge is 2.45. The second-order valence-corrected chi connectivity index (χ2v) is 2.90. The predicted octanol–water partition coefficient (Wildman–Crippen LogP) is 1.59. The normalized spacial score (nSPS) is 20.0. The molecule has 0 bridgehead atoms. The molecule has 66 valence electrons. The number of rotatable bonds is 2. The van der Waals surface area contributed by atoms with Gasteiger partial charge in [0.2, 0.25) is 0 Å². The van der Waals surface area contributed by atoms with Gasteiger partial charge in [-0.05, 0) is 12.8 Å². The lowest BCUT2D eigenvalue weighted by molar-refractivity contribution is 0.114. The summed E-state index contributed by atoms with van der Waals surface area (Å²) in [4.78, 5) is 3.48. The van der Waals surface area contributed by atoms with E-state index in [1.54, 1.807) is 0 Å². The highest BCUT2D eigenvalue weighted by atomic mass is 19.3. The summed E-state index contributed by atoms with van der Waals surface area (Å²) >= 11 is 0. The molecule has 12 heavy (non-hydrogen) atoms. The molecule has 1 aromatic rings. The molecule has 0 amide bonds. The van der Waals surface area contributed by atoms with E-state index in [9.17, 15) is 13.9 Å². The minimum atomic E-state index is -2.71. The van der Waals surface area contributed by atoms with Crippen LogP contribution in [0.2, 0.25) is 0 Å². The molecule has 2 rings (SSSR count). The Hall–Kier alpha value is -0.970. The van der Waals surface area contributed by atoms with Crippen LogP contribution in [0.3, 0.4) is 0 Å². The zero-order chi connectivity index (χ0) is 8.77. The third-order valence-electron chi connectivity index (χ3n) is 1.91. The summed E-state index contributed by atoms with van der Waals surface area (Å²) < 4.78 is 28.4. The lowest BCUT2D eigenvalue weighted by Gasteiger charge is -1.98. The van der Waals surface area contributed by atoms with E-state index in [0.29, 0.717) is 12.8 Å². The maximum absolute atomic E-state index is 12.0. The summed E-state index contributed by atoms with van der Waals surface area (Å²) in [5.41, 5.74) is -0.769. The first-order valence-corrected chi connectivity index (χ1v) is 3.58. The Morgan fingerprint density at radius 2 is 2.25 bits per heavy atom. The van der Waals surface area contributed by atoms with Crippen molar-refractivity contribution in [2.24, 2.45) is 0 Å². The highest BCUT2D eigenvalue weighted by molar-refractivity contribution is 5.16. The molecule has 3 nitrogen and oxygen atoms in total. The van der Waals surface area contributed by atoms with Crippen molar-refractivity contribution >= 4 is 0 Å². The molecule has 0 atom stereocenters. The summed E-state index contributed by atoms with van der Waals surface area (Å²) in [6, 6.07) is 0.